The minimum atomic E-state index is -2.74. The average Bonchev–Trinajstić information content (AvgIpc) is 3.42. The number of allylic oxidation sites excluding steroid dienone is 3. The molecule has 3 aliphatic carbocycles. The molecule has 3 rings (SSSR count). The first kappa shape index (κ1) is 36.4. The largest absolute Gasteiger partial charge is 0.413 e. The van der Waals surface area contributed by atoms with Crippen molar-refractivity contribution in [1.82, 2.24) is 0 Å². The summed E-state index contributed by atoms with van der Waals surface area (Å²) in [6.45, 7) is 33.4. The van der Waals surface area contributed by atoms with E-state index >= 15 is 0 Å². The number of rotatable bonds is 15. The predicted octanol–water partition coefficient (Wildman–Crippen LogP) is 14.8. The van der Waals surface area contributed by atoms with Crippen LogP contribution in [0.25, 0.3) is 0 Å². The van der Waals surface area contributed by atoms with Gasteiger partial charge in [-0.1, -0.05) is 113 Å². The first-order valence-electron chi connectivity index (χ1n) is 23.9. The zero-order chi connectivity index (χ0) is 43.8. The SMILES string of the molecule is [2H]C([2H])([2H])C(CCC[C@@H](C)[C@H]1CC[C@H]2/C(=C/C=C3/C[C@@H](O[Si](C)(C)C(C)(C)C)C[C@H](O[Si](C)(C)C(C)(C)C)C3=C)CCC[C@]12C)(O[Si](CC)(CC)CC)C([2H])([2H])[2H]. The molecule has 3 saturated carbocycles. The molecule has 3 aliphatic rings. The van der Waals surface area contributed by atoms with Gasteiger partial charge in [-0.2, -0.15) is 0 Å². The van der Waals surface area contributed by atoms with E-state index in [2.05, 4.69) is 93.7 Å². The third-order valence-electron chi connectivity index (χ3n) is 15.0. The van der Waals surface area contributed by atoms with Crippen LogP contribution >= 0.6 is 0 Å². The smallest absolute Gasteiger partial charge is 0.192 e. The van der Waals surface area contributed by atoms with Crippen molar-refractivity contribution in [3.8, 4) is 0 Å². The van der Waals surface area contributed by atoms with Crippen molar-refractivity contribution in [2.24, 2.45) is 23.2 Å². The molecule has 0 heterocycles. The summed E-state index contributed by atoms with van der Waals surface area (Å²) in [5.41, 5.74) is 1.96. The van der Waals surface area contributed by atoms with Crippen LogP contribution in [-0.2, 0) is 13.3 Å². The quantitative estimate of drug-likeness (QED) is 0.155. The molecular formula is C45H86O3Si3. The van der Waals surface area contributed by atoms with Gasteiger partial charge in [-0.05, 0) is 147 Å². The summed E-state index contributed by atoms with van der Waals surface area (Å²) in [4.78, 5) is 0. The highest BCUT2D eigenvalue weighted by molar-refractivity contribution is 6.74. The molecule has 0 spiro atoms. The molecule has 0 aromatic rings. The minimum absolute atomic E-state index is 0.0365. The molecule has 0 radical (unpaired) electrons. The molecule has 6 atom stereocenters. The van der Waals surface area contributed by atoms with Crippen LogP contribution in [0.2, 0.25) is 54.4 Å². The van der Waals surface area contributed by atoms with E-state index in [9.17, 15) is 0 Å². The summed E-state index contributed by atoms with van der Waals surface area (Å²) in [5.74, 6) is 1.36. The molecule has 3 nitrogen and oxygen atoms in total. The monoisotopic (exact) mass is 765 g/mol. The Morgan fingerprint density at radius 1 is 0.922 bits per heavy atom. The van der Waals surface area contributed by atoms with Crippen LogP contribution in [0.3, 0.4) is 0 Å². The molecule has 0 N–H and O–H groups in total. The predicted molar refractivity (Wildman–Crippen MR) is 232 cm³/mol. The third kappa shape index (κ3) is 10.7. The van der Waals surface area contributed by atoms with Gasteiger partial charge in [-0.25, -0.2) is 0 Å². The normalized spacial score (nSPS) is 31.8. The fraction of sp³-hybridized carbons (Fsp3) is 0.867. The summed E-state index contributed by atoms with van der Waals surface area (Å²) >= 11 is 0. The van der Waals surface area contributed by atoms with Crippen LogP contribution in [0.5, 0.6) is 0 Å². The molecule has 0 unspecified atom stereocenters. The number of hydrogen-bond donors (Lipinski definition) is 0. The Labute approximate surface area is 330 Å². The lowest BCUT2D eigenvalue weighted by atomic mass is 9.60. The Hall–Kier alpha value is -0.249. The Kier molecular flexibility index (Phi) is 12.0. The second-order valence-corrected chi connectivity index (χ2v) is 34.6. The maximum Gasteiger partial charge on any atom is 0.192 e. The molecular weight excluding hydrogens is 673 g/mol. The van der Waals surface area contributed by atoms with Gasteiger partial charge in [-0.15, -0.1) is 0 Å². The standard InChI is InChI=1S/C45H86O3Si3/c1-19-51(20-2,21-3)48-44(12,13)30-22-24-34(4)39-28-29-40-36(25-23-31-45(39,40)14)26-27-37-32-38(46-49(15,16)42(6,7)8)33-41(35(37)5)47-50(17,18)43(9,10)11/h26-27,34,38-41H,5,19-25,28-33H2,1-4,6-18H3/b36-26+,37-27-/t34-,38-,39-,40+,41+,45-/m1/s1/i12D3,13D3. The maximum atomic E-state index is 8.54. The van der Waals surface area contributed by atoms with Crippen molar-refractivity contribution < 1.29 is 21.5 Å². The van der Waals surface area contributed by atoms with Crippen molar-refractivity contribution in [1.29, 1.82) is 0 Å². The molecule has 51 heavy (non-hydrogen) atoms. The lowest BCUT2D eigenvalue weighted by Gasteiger charge is -2.46. The third-order valence-corrected chi connectivity index (χ3v) is 28.6. The maximum absolute atomic E-state index is 8.54. The molecule has 0 aliphatic heterocycles. The van der Waals surface area contributed by atoms with Crippen molar-refractivity contribution in [2.75, 3.05) is 0 Å². The van der Waals surface area contributed by atoms with Gasteiger partial charge in [0.05, 0.1) is 17.8 Å². The second kappa shape index (κ2) is 16.9. The van der Waals surface area contributed by atoms with Gasteiger partial charge in [0.1, 0.15) is 0 Å². The number of hydrogen-bond acceptors (Lipinski definition) is 3. The van der Waals surface area contributed by atoms with Crippen LogP contribution in [0.15, 0.2) is 35.5 Å². The van der Waals surface area contributed by atoms with Crippen LogP contribution in [0.1, 0.15) is 162 Å². The fourth-order valence-electron chi connectivity index (χ4n) is 9.24. The van der Waals surface area contributed by atoms with E-state index in [-0.39, 0.29) is 34.1 Å². The van der Waals surface area contributed by atoms with Crippen LogP contribution in [0.4, 0.5) is 0 Å². The van der Waals surface area contributed by atoms with Crippen LogP contribution in [-0.4, -0.2) is 42.8 Å². The highest BCUT2D eigenvalue weighted by atomic mass is 28.4. The van der Waals surface area contributed by atoms with Gasteiger partial charge >= 0.3 is 0 Å². The lowest BCUT2D eigenvalue weighted by Crippen LogP contribution is -2.49. The highest BCUT2D eigenvalue weighted by Crippen LogP contribution is 2.60. The molecule has 0 aromatic heterocycles. The lowest BCUT2D eigenvalue weighted by molar-refractivity contribution is 0.0704. The second-order valence-electron chi connectivity index (χ2n) is 20.4. The van der Waals surface area contributed by atoms with E-state index in [0.29, 0.717) is 42.3 Å². The average molecular weight is 765 g/mol. The zero-order valence-electron chi connectivity index (χ0n) is 42.2. The summed E-state index contributed by atoms with van der Waals surface area (Å²) < 4.78 is 72.1. The first-order valence-corrected chi connectivity index (χ1v) is 29.3. The summed E-state index contributed by atoms with van der Waals surface area (Å²) in [5, 5.41) is 0.226. The molecule has 0 bridgehead atoms. The van der Waals surface area contributed by atoms with E-state index in [4.69, 9.17) is 28.1 Å². The van der Waals surface area contributed by atoms with Gasteiger partial charge in [0.2, 0.25) is 0 Å². The number of fused-ring (bicyclic) bond motifs is 1. The van der Waals surface area contributed by atoms with Crippen molar-refractivity contribution >= 4 is 25.0 Å². The summed E-state index contributed by atoms with van der Waals surface area (Å²) in [6, 6.07) is 2.13. The minimum Gasteiger partial charge on any atom is -0.413 e. The molecule has 0 amide bonds. The van der Waals surface area contributed by atoms with Crippen LogP contribution < -0.4 is 0 Å². The first-order chi connectivity index (χ1) is 25.8. The van der Waals surface area contributed by atoms with E-state index in [0.717, 1.165) is 50.5 Å². The van der Waals surface area contributed by atoms with E-state index in [1.54, 1.807) is 5.57 Å². The summed E-state index contributed by atoms with van der Waals surface area (Å²) in [7, 11) is -6.59. The Balaban J connectivity index is 1.88. The molecule has 0 aromatic carbocycles. The van der Waals surface area contributed by atoms with Crippen molar-refractivity contribution in [3.63, 3.8) is 0 Å². The Morgan fingerprint density at radius 2 is 1.51 bits per heavy atom. The van der Waals surface area contributed by atoms with E-state index in [1.807, 2.05) is 20.8 Å². The molecule has 3 fully saturated rings. The molecule has 0 saturated heterocycles. The fourth-order valence-corrected chi connectivity index (χ4v) is 14.7. The molecule has 6 heteroatoms. The van der Waals surface area contributed by atoms with Crippen molar-refractivity contribution in [2.45, 2.75) is 226 Å². The van der Waals surface area contributed by atoms with Gasteiger partial charge in [-0.3, -0.25) is 0 Å². The molecule has 296 valence electrons. The topological polar surface area (TPSA) is 27.7 Å². The van der Waals surface area contributed by atoms with Crippen molar-refractivity contribution in [3.05, 3.63) is 35.5 Å². The van der Waals surface area contributed by atoms with Crippen LogP contribution in [0, 0.1) is 23.2 Å². The zero-order valence-corrected chi connectivity index (χ0v) is 39.2. The Morgan fingerprint density at radius 3 is 2.06 bits per heavy atom. The van der Waals surface area contributed by atoms with Gasteiger partial charge in [0.15, 0.2) is 25.0 Å². The van der Waals surface area contributed by atoms with Gasteiger partial charge < -0.3 is 13.3 Å². The summed E-state index contributed by atoms with van der Waals surface area (Å²) in [6.07, 6.45) is 13.7. The van der Waals surface area contributed by atoms with E-state index < -0.39 is 44.3 Å². The highest BCUT2D eigenvalue weighted by Gasteiger charge is 2.51. The van der Waals surface area contributed by atoms with Gasteiger partial charge in [0, 0.05) is 14.6 Å². The Bertz CT molecular complexity index is 1410. The van der Waals surface area contributed by atoms with Gasteiger partial charge in [0.25, 0.3) is 0 Å². The van der Waals surface area contributed by atoms with E-state index in [1.165, 1.54) is 12.0 Å².